The van der Waals surface area contributed by atoms with Gasteiger partial charge in [-0.25, -0.2) is 9.78 Å². The van der Waals surface area contributed by atoms with Crippen molar-refractivity contribution < 1.29 is 19.2 Å². The Kier molecular flexibility index (Phi) is 7.49. The first-order valence-electron chi connectivity index (χ1n) is 9.51. The number of anilines is 1. The van der Waals surface area contributed by atoms with Gasteiger partial charge in [-0.15, -0.1) is 0 Å². The fourth-order valence-electron chi connectivity index (χ4n) is 3.38. The van der Waals surface area contributed by atoms with E-state index in [1.54, 1.807) is 6.92 Å². The Hall–Kier alpha value is -2.58. The Morgan fingerprint density at radius 3 is 2.50 bits per heavy atom. The van der Waals surface area contributed by atoms with Crippen molar-refractivity contribution in [3.8, 4) is 6.07 Å². The molecule has 0 aromatic carbocycles. The molecule has 1 saturated heterocycles. The molecule has 0 N–H and O–H groups in total. The number of nitro groups is 1. The van der Waals surface area contributed by atoms with Crippen LogP contribution in [-0.4, -0.2) is 58.0 Å². The highest BCUT2D eigenvalue weighted by molar-refractivity contribution is 9.10. The quantitative estimate of drug-likeness (QED) is 0.277. The van der Waals surface area contributed by atoms with Crippen LogP contribution in [0.2, 0.25) is 0 Å². The van der Waals surface area contributed by atoms with E-state index in [0.29, 0.717) is 25.9 Å². The van der Waals surface area contributed by atoms with Crippen LogP contribution in [0, 0.1) is 21.4 Å². The summed E-state index contributed by atoms with van der Waals surface area (Å²) in [6.45, 7) is 9.05. The summed E-state index contributed by atoms with van der Waals surface area (Å²) in [5, 5.41) is 21.0. The van der Waals surface area contributed by atoms with E-state index in [-0.39, 0.29) is 28.1 Å². The molecule has 1 amide bonds. The molecule has 11 heteroatoms. The largest absolute Gasteiger partial charge is 0.459 e. The Labute approximate surface area is 183 Å². The Balaban J connectivity index is 2.53. The molecule has 1 aromatic rings. The van der Waals surface area contributed by atoms with Gasteiger partial charge < -0.3 is 4.74 Å². The molecule has 30 heavy (non-hydrogen) atoms. The van der Waals surface area contributed by atoms with Gasteiger partial charge in [0.15, 0.2) is 5.69 Å². The molecule has 0 bridgehead atoms. The van der Waals surface area contributed by atoms with E-state index in [4.69, 9.17) is 4.74 Å². The highest BCUT2D eigenvalue weighted by Crippen LogP contribution is 2.35. The number of rotatable bonds is 4. The molecule has 2 rings (SSSR count). The fraction of sp³-hybridized carbons (Fsp3) is 0.579. The Bertz CT molecular complexity index is 885. The van der Waals surface area contributed by atoms with Gasteiger partial charge in [0.2, 0.25) is 5.82 Å². The van der Waals surface area contributed by atoms with Crippen molar-refractivity contribution in [2.45, 2.75) is 52.1 Å². The van der Waals surface area contributed by atoms with E-state index >= 15 is 0 Å². The van der Waals surface area contributed by atoms with Crippen LogP contribution in [0.25, 0.3) is 0 Å². The van der Waals surface area contributed by atoms with Gasteiger partial charge in [0.1, 0.15) is 6.07 Å². The number of esters is 1. The molecule has 1 fully saturated rings. The lowest BCUT2D eigenvalue weighted by Gasteiger charge is -2.43. The van der Waals surface area contributed by atoms with E-state index in [0.717, 1.165) is 11.0 Å². The highest BCUT2D eigenvalue weighted by atomic mass is 79.9. The first-order chi connectivity index (χ1) is 14.0. The van der Waals surface area contributed by atoms with Crippen LogP contribution in [0.15, 0.2) is 10.5 Å². The maximum atomic E-state index is 13.0. The minimum Gasteiger partial charge on any atom is -0.459 e. The maximum Gasteiger partial charge on any atom is 0.397 e. The summed E-state index contributed by atoms with van der Waals surface area (Å²) in [6.07, 6.45) is 0.971. The molecule has 10 nitrogen and oxygen atoms in total. The topological polar surface area (TPSA) is 130 Å². The molecule has 0 spiro atoms. The van der Waals surface area contributed by atoms with Gasteiger partial charge in [-0.05, 0) is 56.5 Å². The fourth-order valence-corrected chi connectivity index (χ4v) is 3.77. The molecule has 0 unspecified atom stereocenters. The van der Waals surface area contributed by atoms with Crippen LogP contribution in [0.1, 0.15) is 46.2 Å². The third-order valence-electron chi connectivity index (χ3n) is 4.91. The number of hydrogen-bond acceptors (Lipinski definition) is 8. The number of nitrogens with zero attached hydrogens (tertiary/aromatic N) is 5. The summed E-state index contributed by atoms with van der Waals surface area (Å²) in [5.41, 5.74) is -0.669. The van der Waals surface area contributed by atoms with Gasteiger partial charge in [-0.1, -0.05) is 0 Å². The number of aromatic nitrogens is 1. The summed E-state index contributed by atoms with van der Waals surface area (Å²) in [4.78, 5) is 43.5. The molecule has 0 saturated carbocycles. The van der Waals surface area contributed by atoms with Gasteiger partial charge in [0, 0.05) is 30.7 Å². The van der Waals surface area contributed by atoms with E-state index in [9.17, 15) is 25.0 Å². The standard InChI is InChI=1S/C19H24BrN5O5/c1-5-30-18(27)17(26)24(12-6-8-23(9-7-12)19(2,3)4)16-15(25(28)29)10-13(20)14(11-21)22-16/h10,12H,5-9H2,1-4H3. The van der Waals surface area contributed by atoms with Crippen molar-refractivity contribution >= 4 is 39.3 Å². The molecule has 0 atom stereocenters. The summed E-state index contributed by atoms with van der Waals surface area (Å²) in [7, 11) is 0. The Morgan fingerprint density at radius 1 is 1.43 bits per heavy atom. The lowest BCUT2D eigenvalue weighted by molar-refractivity contribution is -0.384. The van der Waals surface area contributed by atoms with Gasteiger partial charge in [-0.2, -0.15) is 5.26 Å². The van der Waals surface area contributed by atoms with Crippen molar-refractivity contribution in [2.75, 3.05) is 24.6 Å². The molecule has 1 aliphatic rings. The maximum absolute atomic E-state index is 13.0. The second-order valence-corrected chi connectivity index (χ2v) is 8.67. The number of pyridine rings is 1. The number of carbonyl (C=O) groups is 2. The summed E-state index contributed by atoms with van der Waals surface area (Å²) >= 11 is 3.08. The number of piperidine rings is 1. The number of likely N-dealkylation sites (tertiary alicyclic amines) is 1. The molecular formula is C19H24BrN5O5. The summed E-state index contributed by atoms with van der Waals surface area (Å²) in [5.74, 6) is -2.48. The number of ether oxygens (including phenoxy) is 1. The second kappa shape index (κ2) is 9.49. The molecule has 1 aromatic heterocycles. The van der Waals surface area contributed by atoms with Crippen LogP contribution >= 0.6 is 15.9 Å². The van der Waals surface area contributed by atoms with E-state index in [2.05, 4.69) is 46.6 Å². The van der Waals surface area contributed by atoms with Gasteiger partial charge in [0.05, 0.1) is 16.0 Å². The predicted molar refractivity (Wildman–Crippen MR) is 112 cm³/mol. The van der Waals surface area contributed by atoms with Crippen molar-refractivity contribution in [1.82, 2.24) is 9.88 Å². The number of amides is 1. The van der Waals surface area contributed by atoms with Crippen molar-refractivity contribution in [2.24, 2.45) is 0 Å². The van der Waals surface area contributed by atoms with Crippen molar-refractivity contribution in [3.05, 3.63) is 26.3 Å². The molecule has 1 aliphatic heterocycles. The zero-order valence-electron chi connectivity index (χ0n) is 17.3. The number of carbonyl (C=O) groups excluding carboxylic acids is 2. The van der Waals surface area contributed by atoms with Crippen LogP contribution in [0.4, 0.5) is 11.5 Å². The van der Waals surface area contributed by atoms with E-state index < -0.39 is 28.5 Å². The van der Waals surface area contributed by atoms with Crippen LogP contribution in [0.5, 0.6) is 0 Å². The average Bonchev–Trinajstić information content (AvgIpc) is 2.68. The molecule has 0 aliphatic carbocycles. The lowest BCUT2D eigenvalue weighted by atomic mass is 9.96. The minimum atomic E-state index is -1.12. The van der Waals surface area contributed by atoms with Crippen LogP contribution in [0.3, 0.4) is 0 Å². The normalized spacial score (nSPS) is 15.3. The number of hydrogen-bond donors (Lipinski definition) is 0. The number of nitriles is 1. The second-order valence-electron chi connectivity index (χ2n) is 7.82. The predicted octanol–water partition coefficient (Wildman–Crippen LogP) is 2.78. The first-order valence-corrected chi connectivity index (χ1v) is 10.3. The average molecular weight is 482 g/mol. The van der Waals surface area contributed by atoms with Gasteiger partial charge in [0.25, 0.3) is 0 Å². The number of halogens is 1. The van der Waals surface area contributed by atoms with Gasteiger partial charge in [-0.3, -0.25) is 24.7 Å². The third-order valence-corrected chi connectivity index (χ3v) is 5.52. The van der Waals surface area contributed by atoms with Gasteiger partial charge >= 0.3 is 17.6 Å². The SMILES string of the molecule is CCOC(=O)C(=O)N(c1nc(C#N)c(Br)cc1[N+](=O)[O-])C1CCN(C(C)(C)C)CC1. The zero-order chi connectivity index (χ0) is 22.6. The van der Waals surface area contributed by atoms with Crippen LogP contribution < -0.4 is 4.90 Å². The smallest absolute Gasteiger partial charge is 0.397 e. The van der Waals surface area contributed by atoms with Crippen molar-refractivity contribution in [3.63, 3.8) is 0 Å². The lowest BCUT2D eigenvalue weighted by Crippen LogP contribution is -2.54. The monoisotopic (exact) mass is 481 g/mol. The molecule has 162 valence electrons. The van der Waals surface area contributed by atoms with E-state index in [1.165, 1.54) is 0 Å². The summed E-state index contributed by atoms with van der Waals surface area (Å²) < 4.78 is 4.97. The summed E-state index contributed by atoms with van der Waals surface area (Å²) in [6, 6.07) is 2.46. The highest BCUT2D eigenvalue weighted by Gasteiger charge is 2.39. The third kappa shape index (κ3) is 5.12. The Morgan fingerprint density at radius 2 is 2.03 bits per heavy atom. The molecular weight excluding hydrogens is 458 g/mol. The molecule has 0 radical (unpaired) electrons. The minimum absolute atomic E-state index is 0.0137. The molecule has 2 heterocycles. The van der Waals surface area contributed by atoms with Crippen LogP contribution in [-0.2, 0) is 14.3 Å². The van der Waals surface area contributed by atoms with E-state index in [1.807, 2.05) is 6.07 Å². The first kappa shape index (κ1) is 23.7. The zero-order valence-corrected chi connectivity index (χ0v) is 18.9. The van der Waals surface area contributed by atoms with Crippen molar-refractivity contribution in [1.29, 1.82) is 5.26 Å².